The van der Waals surface area contributed by atoms with Crippen LogP contribution in [-0.4, -0.2) is 25.1 Å². The molecule has 2 N–H and O–H groups in total. The van der Waals surface area contributed by atoms with Gasteiger partial charge in [-0.3, -0.25) is 4.79 Å². The van der Waals surface area contributed by atoms with Gasteiger partial charge in [0.2, 0.25) is 0 Å². The molecule has 0 aliphatic rings. The van der Waals surface area contributed by atoms with Crippen LogP contribution in [0.4, 0.5) is 0 Å². The Balaban J connectivity index is 2.57. The number of carbonyl (C=O) groups is 1. The van der Waals surface area contributed by atoms with E-state index in [1.807, 2.05) is 45.2 Å². The summed E-state index contributed by atoms with van der Waals surface area (Å²) in [5.74, 6) is 0.635. The lowest BCUT2D eigenvalue weighted by molar-refractivity contribution is -0.127. The average molecular weight is 278 g/mol. The van der Waals surface area contributed by atoms with Crippen LogP contribution >= 0.6 is 0 Å². The molecular weight excluding hydrogens is 252 g/mol. The van der Waals surface area contributed by atoms with Crippen LogP contribution in [0.15, 0.2) is 24.3 Å². The predicted molar refractivity (Wildman–Crippen MR) is 81.9 cm³/mol. The lowest BCUT2D eigenvalue weighted by Gasteiger charge is -2.18. The van der Waals surface area contributed by atoms with Gasteiger partial charge < -0.3 is 15.4 Å². The second-order valence-electron chi connectivity index (χ2n) is 5.16. The van der Waals surface area contributed by atoms with Gasteiger partial charge in [0.25, 0.3) is 5.91 Å². The van der Waals surface area contributed by atoms with Crippen molar-refractivity contribution in [3.05, 3.63) is 29.8 Å². The van der Waals surface area contributed by atoms with Crippen LogP contribution in [0.1, 0.15) is 45.7 Å². The fraction of sp³-hybridized carbons (Fsp3) is 0.562. The second kappa shape index (κ2) is 7.90. The zero-order chi connectivity index (χ0) is 15.1. The van der Waals surface area contributed by atoms with Gasteiger partial charge in [0.15, 0.2) is 6.10 Å². The molecule has 112 valence electrons. The smallest absolute Gasteiger partial charge is 0.260 e. The molecule has 20 heavy (non-hydrogen) atoms. The molecule has 1 rings (SSSR count). The first-order valence-electron chi connectivity index (χ1n) is 7.22. The zero-order valence-electron chi connectivity index (χ0n) is 13.1. The quantitative estimate of drug-likeness (QED) is 0.806. The van der Waals surface area contributed by atoms with Gasteiger partial charge >= 0.3 is 0 Å². The Bertz CT molecular complexity index is 417. The fourth-order valence-electron chi connectivity index (χ4n) is 1.72. The Hall–Kier alpha value is -1.55. The number of carbonyl (C=O) groups excluding carboxylic acids is 1. The number of amides is 1. The van der Waals surface area contributed by atoms with Crippen molar-refractivity contribution >= 4 is 5.91 Å². The third kappa shape index (κ3) is 4.85. The molecular formula is C16H26N2O2. The van der Waals surface area contributed by atoms with Crippen LogP contribution in [0, 0.1) is 0 Å². The molecule has 0 heterocycles. The van der Waals surface area contributed by atoms with Gasteiger partial charge in [0.05, 0.1) is 0 Å². The van der Waals surface area contributed by atoms with E-state index in [0.717, 1.165) is 6.42 Å². The molecule has 0 saturated carbocycles. The van der Waals surface area contributed by atoms with Crippen molar-refractivity contribution in [3.63, 3.8) is 0 Å². The molecule has 4 nitrogen and oxygen atoms in total. The van der Waals surface area contributed by atoms with E-state index in [9.17, 15) is 4.79 Å². The highest BCUT2D eigenvalue weighted by atomic mass is 16.5. The van der Waals surface area contributed by atoms with Crippen molar-refractivity contribution in [1.82, 2.24) is 10.6 Å². The Kier molecular flexibility index (Phi) is 6.52. The maximum Gasteiger partial charge on any atom is 0.260 e. The average Bonchev–Trinajstić information content (AvgIpc) is 2.46. The van der Waals surface area contributed by atoms with Gasteiger partial charge in [0, 0.05) is 12.1 Å². The molecule has 0 bridgehead atoms. The lowest BCUT2D eigenvalue weighted by Crippen LogP contribution is -2.40. The van der Waals surface area contributed by atoms with Crippen molar-refractivity contribution in [2.24, 2.45) is 0 Å². The van der Waals surface area contributed by atoms with Gasteiger partial charge in [-0.25, -0.2) is 0 Å². The topological polar surface area (TPSA) is 50.4 Å². The van der Waals surface area contributed by atoms with Crippen LogP contribution in [-0.2, 0) is 4.79 Å². The zero-order valence-corrected chi connectivity index (χ0v) is 13.1. The van der Waals surface area contributed by atoms with E-state index in [4.69, 9.17) is 4.74 Å². The molecule has 1 amide bonds. The Morgan fingerprint density at radius 3 is 2.30 bits per heavy atom. The van der Waals surface area contributed by atoms with Crippen LogP contribution in [0.3, 0.4) is 0 Å². The number of hydrogen-bond donors (Lipinski definition) is 2. The molecule has 0 aliphatic carbocycles. The van der Waals surface area contributed by atoms with Gasteiger partial charge in [-0.1, -0.05) is 19.1 Å². The van der Waals surface area contributed by atoms with E-state index in [1.54, 1.807) is 6.92 Å². The molecule has 0 aromatic heterocycles. The number of ether oxygens (including phenoxy) is 1. The van der Waals surface area contributed by atoms with Crippen LogP contribution in [0.5, 0.6) is 5.75 Å². The first-order valence-corrected chi connectivity index (χ1v) is 7.22. The van der Waals surface area contributed by atoms with E-state index >= 15 is 0 Å². The molecule has 1 aromatic rings. The normalized spacial score (nSPS) is 15.2. The standard InChI is InChI=1S/C16H26N2O2/c1-6-11(2)18-16(19)13(4)20-15-9-7-14(8-10-15)12(3)17-5/h7-13,17H,6H2,1-5H3,(H,18,19). The van der Waals surface area contributed by atoms with Crippen molar-refractivity contribution in [1.29, 1.82) is 0 Å². The minimum absolute atomic E-state index is 0.0768. The molecule has 1 aromatic carbocycles. The lowest BCUT2D eigenvalue weighted by atomic mass is 10.1. The maximum absolute atomic E-state index is 11.9. The van der Waals surface area contributed by atoms with E-state index < -0.39 is 6.10 Å². The highest BCUT2D eigenvalue weighted by Gasteiger charge is 2.16. The largest absolute Gasteiger partial charge is 0.481 e. The Labute approximate surface area is 121 Å². The minimum atomic E-state index is -0.489. The van der Waals surface area contributed by atoms with Crippen LogP contribution in [0.2, 0.25) is 0 Å². The van der Waals surface area contributed by atoms with Gasteiger partial charge in [-0.2, -0.15) is 0 Å². The van der Waals surface area contributed by atoms with Gasteiger partial charge in [-0.15, -0.1) is 0 Å². The summed E-state index contributed by atoms with van der Waals surface area (Å²) in [4.78, 5) is 11.9. The van der Waals surface area contributed by atoms with Crippen LogP contribution < -0.4 is 15.4 Å². The summed E-state index contributed by atoms with van der Waals surface area (Å²) in [6, 6.07) is 8.29. The number of rotatable bonds is 7. The third-order valence-electron chi connectivity index (χ3n) is 3.50. The summed E-state index contributed by atoms with van der Waals surface area (Å²) in [7, 11) is 1.93. The van der Waals surface area contributed by atoms with Crippen molar-refractivity contribution in [3.8, 4) is 5.75 Å². The molecule has 0 spiro atoms. The summed E-state index contributed by atoms with van der Waals surface area (Å²) < 4.78 is 5.66. The first-order chi connectivity index (χ1) is 9.47. The molecule has 0 radical (unpaired) electrons. The van der Waals surface area contributed by atoms with Gasteiger partial charge in [-0.05, 0) is 51.9 Å². The van der Waals surface area contributed by atoms with E-state index in [0.29, 0.717) is 11.8 Å². The van der Waals surface area contributed by atoms with Crippen molar-refractivity contribution in [2.75, 3.05) is 7.05 Å². The fourth-order valence-corrected chi connectivity index (χ4v) is 1.72. The first kappa shape index (κ1) is 16.5. The highest BCUT2D eigenvalue weighted by Crippen LogP contribution is 2.18. The van der Waals surface area contributed by atoms with E-state index in [2.05, 4.69) is 17.6 Å². The van der Waals surface area contributed by atoms with E-state index in [-0.39, 0.29) is 11.9 Å². The molecule has 3 atom stereocenters. The van der Waals surface area contributed by atoms with Crippen LogP contribution in [0.25, 0.3) is 0 Å². The number of hydrogen-bond acceptors (Lipinski definition) is 3. The summed E-state index contributed by atoms with van der Waals surface area (Å²) in [5.41, 5.74) is 1.19. The van der Waals surface area contributed by atoms with Crippen molar-refractivity contribution < 1.29 is 9.53 Å². The summed E-state index contributed by atoms with van der Waals surface area (Å²) in [6.07, 6.45) is 0.422. The molecule has 0 aliphatic heterocycles. The van der Waals surface area contributed by atoms with Crippen molar-refractivity contribution in [2.45, 2.75) is 52.3 Å². The number of nitrogens with one attached hydrogen (secondary N) is 2. The molecule has 3 unspecified atom stereocenters. The molecule has 0 fully saturated rings. The second-order valence-corrected chi connectivity index (χ2v) is 5.16. The summed E-state index contributed by atoms with van der Waals surface area (Å²) in [6.45, 7) is 7.89. The summed E-state index contributed by atoms with van der Waals surface area (Å²) >= 11 is 0. The Morgan fingerprint density at radius 2 is 1.80 bits per heavy atom. The Morgan fingerprint density at radius 1 is 1.20 bits per heavy atom. The highest BCUT2D eigenvalue weighted by molar-refractivity contribution is 5.80. The van der Waals surface area contributed by atoms with E-state index in [1.165, 1.54) is 5.56 Å². The molecule has 0 saturated heterocycles. The third-order valence-corrected chi connectivity index (χ3v) is 3.50. The maximum atomic E-state index is 11.9. The molecule has 4 heteroatoms. The SMILES string of the molecule is CCC(C)NC(=O)C(C)Oc1ccc(C(C)NC)cc1. The number of benzene rings is 1. The predicted octanol–water partition coefficient (Wildman–Crippen LogP) is 2.65. The minimum Gasteiger partial charge on any atom is -0.481 e. The monoisotopic (exact) mass is 278 g/mol. The van der Waals surface area contributed by atoms with Gasteiger partial charge in [0.1, 0.15) is 5.75 Å². The summed E-state index contributed by atoms with van der Waals surface area (Å²) in [5, 5.41) is 6.10.